The van der Waals surface area contributed by atoms with Crippen molar-refractivity contribution in [1.82, 2.24) is 0 Å². The first-order valence-electron chi connectivity index (χ1n) is 4.00. The lowest BCUT2D eigenvalue weighted by molar-refractivity contribution is 1.28. The topological polar surface area (TPSA) is 0 Å². The van der Waals surface area contributed by atoms with Crippen LogP contribution in [0.15, 0.2) is 22.9 Å². The molecule has 0 amide bonds. The van der Waals surface area contributed by atoms with Crippen LogP contribution in [-0.2, 0) is 6.42 Å². The summed E-state index contributed by atoms with van der Waals surface area (Å²) in [5.74, 6) is 0. The van der Waals surface area contributed by atoms with Gasteiger partial charge in [0.05, 0.1) is 1.37 Å². The molecule has 0 saturated carbocycles. The fourth-order valence-corrected chi connectivity index (χ4v) is 3.49. The largest absolute Gasteiger partial charge is 0.143 e. The van der Waals surface area contributed by atoms with Crippen molar-refractivity contribution in [3.63, 3.8) is 0 Å². The van der Waals surface area contributed by atoms with Crippen molar-refractivity contribution in [3.05, 3.63) is 34.0 Å². The Hall–Kier alpha value is -0.600. The third-order valence-corrected chi connectivity index (χ3v) is 4.03. The first-order valence-corrected chi connectivity index (χ1v) is 5.26. The van der Waals surface area contributed by atoms with Gasteiger partial charge in [0.25, 0.3) is 0 Å². The van der Waals surface area contributed by atoms with Gasteiger partial charge in [-0.2, -0.15) is 0 Å². The van der Waals surface area contributed by atoms with Crippen molar-refractivity contribution in [2.75, 3.05) is 0 Å². The molecule has 0 radical (unpaired) electrons. The van der Waals surface area contributed by atoms with Crippen molar-refractivity contribution in [3.8, 4) is 9.75 Å². The minimum atomic E-state index is 0.721. The van der Waals surface area contributed by atoms with Crippen LogP contribution in [0.5, 0.6) is 0 Å². The zero-order valence-electron chi connectivity index (χ0n) is 6.76. The molecule has 0 aliphatic heterocycles. The maximum absolute atomic E-state index is 7.66. The molecule has 1 aliphatic rings. The molecule has 1 aliphatic carbocycles. The molecule has 0 unspecified atom stereocenters. The van der Waals surface area contributed by atoms with Crippen molar-refractivity contribution in [2.24, 2.45) is 0 Å². The summed E-state index contributed by atoms with van der Waals surface area (Å²) >= 11 is 3.50. The lowest BCUT2D eigenvalue weighted by atomic mass is 10.2. The second kappa shape index (κ2) is 1.96. The lowest BCUT2D eigenvalue weighted by Crippen LogP contribution is -1.72. The van der Waals surface area contributed by atoms with E-state index in [2.05, 4.69) is 11.4 Å². The molecule has 0 nitrogen and oxygen atoms in total. The average Bonchev–Trinajstić information content (AvgIpc) is 2.63. The molecular formula is C9H6S2. The number of rotatable bonds is 0. The first kappa shape index (κ1) is 5.12. The summed E-state index contributed by atoms with van der Waals surface area (Å²) < 4.78 is 7.66. The van der Waals surface area contributed by atoms with Gasteiger partial charge in [-0.05, 0) is 34.0 Å². The van der Waals surface area contributed by atoms with E-state index < -0.39 is 0 Å². The van der Waals surface area contributed by atoms with E-state index >= 15 is 0 Å². The maximum Gasteiger partial charge on any atom is 0.0635 e. The minimum absolute atomic E-state index is 0.721. The molecule has 0 aromatic carbocycles. The van der Waals surface area contributed by atoms with Crippen molar-refractivity contribution in [1.29, 1.82) is 0 Å². The summed E-state index contributed by atoms with van der Waals surface area (Å²) in [6.07, 6.45) is 0.983. The highest BCUT2D eigenvalue weighted by Crippen LogP contribution is 2.43. The molecule has 11 heavy (non-hydrogen) atoms. The molecule has 0 N–H and O–H groups in total. The predicted octanol–water partition coefficient (Wildman–Crippen LogP) is 3.38. The zero-order valence-corrected chi connectivity index (χ0v) is 7.39. The van der Waals surface area contributed by atoms with Crippen LogP contribution in [0.3, 0.4) is 0 Å². The molecule has 54 valence electrons. The second-order valence-electron chi connectivity index (χ2n) is 2.64. The van der Waals surface area contributed by atoms with Gasteiger partial charge in [-0.15, -0.1) is 22.7 Å². The van der Waals surface area contributed by atoms with Crippen LogP contribution in [0.4, 0.5) is 0 Å². The van der Waals surface area contributed by atoms with E-state index in [1.807, 2.05) is 5.38 Å². The molecule has 0 bridgehead atoms. The Morgan fingerprint density at radius 3 is 3.00 bits per heavy atom. The van der Waals surface area contributed by atoms with Crippen molar-refractivity contribution >= 4 is 22.7 Å². The highest BCUT2D eigenvalue weighted by molar-refractivity contribution is 7.20. The van der Waals surface area contributed by atoms with Crippen LogP contribution in [0.2, 0.25) is 0 Å². The smallest absolute Gasteiger partial charge is 0.0635 e. The van der Waals surface area contributed by atoms with Crippen LogP contribution >= 0.6 is 22.7 Å². The van der Waals surface area contributed by atoms with Crippen molar-refractivity contribution in [2.45, 2.75) is 6.42 Å². The van der Waals surface area contributed by atoms with Crippen LogP contribution in [0.25, 0.3) is 9.75 Å². The number of hydrogen-bond acceptors (Lipinski definition) is 2. The zero-order chi connectivity index (χ0) is 8.13. The summed E-state index contributed by atoms with van der Waals surface area (Å²) in [5, 5.41) is 4.07. The van der Waals surface area contributed by atoms with Gasteiger partial charge in [0, 0.05) is 16.2 Å². The molecule has 0 spiro atoms. The highest BCUT2D eigenvalue weighted by Gasteiger charge is 2.19. The van der Waals surface area contributed by atoms with E-state index in [4.69, 9.17) is 1.37 Å². The summed E-state index contributed by atoms with van der Waals surface area (Å²) in [5.41, 5.74) is 2.65. The Labute approximate surface area is 74.5 Å². The van der Waals surface area contributed by atoms with Gasteiger partial charge in [-0.1, -0.05) is 0 Å². The highest BCUT2D eigenvalue weighted by atomic mass is 32.1. The monoisotopic (exact) mass is 179 g/mol. The third kappa shape index (κ3) is 0.686. The maximum atomic E-state index is 7.66. The predicted molar refractivity (Wildman–Crippen MR) is 50.4 cm³/mol. The van der Waals surface area contributed by atoms with Crippen LogP contribution < -0.4 is 0 Å². The molecular weight excluding hydrogens is 172 g/mol. The normalized spacial score (nSPS) is 14.4. The standard InChI is InChI=1S/C9H6S2/c1-3-10-8-6(1)5-7-2-4-11-9(7)8/h1-4H,5H2/i1D. The van der Waals surface area contributed by atoms with E-state index in [0.29, 0.717) is 0 Å². The lowest BCUT2D eigenvalue weighted by Gasteiger charge is -1.84. The SMILES string of the molecule is [2H]c1csc2c1Cc1ccsc1-2. The van der Waals surface area contributed by atoms with Crippen molar-refractivity contribution < 1.29 is 1.37 Å². The summed E-state index contributed by atoms with van der Waals surface area (Å²) in [6.45, 7) is 0. The molecule has 2 heteroatoms. The molecule has 2 aromatic heterocycles. The minimum Gasteiger partial charge on any atom is -0.143 e. The molecule has 0 atom stereocenters. The molecule has 0 fully saturated rings. The fraction of sp³-hybridized carbons (Fsp3) is 0.111. The summed E-state index contributed by atoms with van der Waals surface area (Å²) in [7, 11) is 0. The second-order valence-corrected chi connectivity index (χ2v) is 4.44. The van der Waals surface area contributed by atoms with E-state index in [-0.39, 0.29) is 0 Å². The van der Waals surface area contributed by atoms with E-state index in [0.717, 1.165) is 12.5 Å². The number of fused-ring (bicyclic) bond motifs is 3. The van der Waals surface area contributed by atoms with Gasteiger partial charge in [0.15, 0.2) is 0 Å². The van der Waals surface area contributed by atoms with Gasteiger partial charge in [0.2, 0.25) is 0 Å². The summed E-state index contributed by atoms with van der Waals surface area (Å²) in [4.78, 5) is 2.73. The Bertz CT molecular complexity index is 439. The number of hydrogen-bond donors (Lipinski definition) is 0. The van der Waals surface area contributed by atoms with Crippen LogP contribution in [0.1, 0.15) is 12.5 Å². The first-order chi connectivity index (χ1) is 5.86. The molecule has 0 saturated heterocycles. The molecule has 2 heterocycles. The van der Waals surface area contributed by atoms with E-state index in [1.165, 1.54) is 20.9 Å². The van der Waals surface area contributed by atoms with Gasteiger partial charge < -0.3 is 0 Å². The van der Waals surface area contributed by atoms with E-state index in [1.54, 1.807) is 22.7 Å². The van der Waals surface area contributed by atoms with Gasteiger partial charge in [0.1, 0.15) is 0 Å². The van der Waals surface area contributed by atoms with Crippen LogP contribution in [-0.4, -0.2) is 0 Å². The van der Waals surface area contributed by atoms with E-state index in [9.17, 15) is 0 Å². The molecule has 2 aromatic rings. The van der Waals surface area contributed by atoms with Gasteiger partial charge in [-0.3, -0.25) is 0 Å². The van der Waals surface area contributed by atoms with Gasteiger partial charge >= 0.3 is 0 Å². The Kier molecular flexibility index (Phi) is 0.911. The quantitative estimate of drug-likeness (QED) is 0.496. The summed E-state index contributed by atoms with van der Waals surface area (Å²) in [6, 6.07) is 2.89. The Morgan fingerprint density at radius 2 is 2.00 bits per heavy atom. The van der Waals surface area contributed by atoms with Crippen LogP contribution in [0, 0.1) is 0 Å². The Morgan fingerprint density at radius 1 is 1.18 bits per heavy atom. The fourth-order valence-electron chi connectivity index (χ4n) is 1.48. The number of thiophene rings is 2. The molecule has 3 rings (SSSR count). The van der Waals surface area contributed by atoms with Gasteiger partial charge in [-0.25, -0.2) is 0 Å². The Balaban J connectivity index is 2.34. The average molecular weight is 179 g/mol. The third-order valence-electron chi connectivity index (χ3n) is 2.00.